The van der Waals surface area contributed by atoms with E-state index in [1.54, 1.807) is 16.7 Å². The van der Waals surface area contributed by atoms with E-state index in [1.165, 1.54) is 5.56 Å². The first-order valence-electron chi connectivity index (χ1n) is 11.1. The second kappa shape index (κ2) is 9.27. The van der Waals surface area contributed by atoms with Gasteiger partial charge in [-0.2, -0.15) is 0 Å². The van der Waals surface area contributed by atoms with E-state index in [0.29, 0.717) is 25.4 Å². The summed E-state index contributed by atoms with van der Waals surface area (Å²) in [5.74, 6) is 2.12. The van der Waals surface area contributed by atoms with Crippen molar-refractivity contribution in [1.29, 1.82) is 0 Å². The van der Waals surface area contributed by atoms with Gasteiger partial charge in [0.25, 0.3) is 0 Å². The van der Waals surface area contributed by atoms with Gasteiger partial charge in [-0.05, 0) is 36.1 Å². The van der Waals surface area contributed by atoms with Crippen molar-refractivity contribution in [1.82, 2.24) is 9.80 Å². The van der Waals surface area contributed by atoms with Crippen LogP contribution in [0.2, 0.25) is 0 Å². The summed E-state index contributed by atoms with van der Waals surface area (Å²) in [7, 11) is 0. The van der Waals surface area contributed by atoms with Crippen LogP contribution in [-0.4, -0.2) is 51.2 Å². The number of amides is 2. The Bertz CT molecular complexity index is 1140. The smallest absolute Gasteiger partial charge is 0.237 e. The highest BCUT2D eigenvalue weighted by atomic mass is 35.5. The van der Waals surface area contributed by atoms with Crippen LogP contribution in [0.25, 0.3) is 22.5 Å². The molecule has 2 aromatic carbocycles. The van der Waals surface area contributed by atoms with E-state index >= 15 is 0 Å². The molecular formula is C26H25ClN2O3S. The number of halogens is 1. The van der Waals surface area contributed by atoms with Crippen molar-refractivity contribution in [2.75, 3.05) is 24.7 Å². The van der Waals surface area contributed by atoms with Gasteiger partial charge in [0.05, 0.1) is 17.2 Å². The molecule has 7 heteroatoms. The van der Waals surface area contributed by atoms with Gasteiger partial charge in [0.1, 0.15) is 17.4 Å². The largest absolute Gasteiger partial charge is 0.459 e. The number of thioether (sulfide) groups is 1. The maximum atomic E-state index is 12.7. The number of furan rings is 1. The standard InChI is InChI=1S/C26H25ClN2O3S/c27-16-24(30)28-14-12-26(13-15-28)29(25(31)18-33-26)17-22-10-11-23(32-22)21-8-6-20(7-9-21)19-4-2-1-3-5-19/h1-11H,12-18H2. The summed E-state index contributed by atoms with van der Waals surface area (Å²) in [6.07, 6.45) is 1.50. The van der Waals surface area contributed by atoms with Gasteiger partial charge in [0.15, 0.2) is 0 Å². The first-order chi connectivity index (χ1) is 16.1. The molecular weight excluding hydrogens is 456 g/mol. The molecule has 2 fully saturated rings. The van der Waals surface area contributed by atoms with Crippen molar-refractivity contribution in [2.45, 2.75) is 24.3 Å². The molecule has 0 N–H and O–H groups in total. The molecule has 5 rings (SSSR count). The second-order valence-corrected chi connectivity index (χ2v) is 10.0. The summed E-state index contributed by atoms with van der Waals surface area (Å²) in [4.78, 5) is 28.1. The Morgan fingerprint density at radius 3 is 2.30 bits per heavy atom. The predicted molar refractivity (Wildman–Crippen MR) is 132 cm³/mol. The lowest BCUT2D eigenvalue weighted by Gasteiger charge is -2.43. The number of carbonyl (C=O) groups excluding carboxylic acids is 2. The molecule has 33 heavy (non-hydrogen) atoms. The molecule has 3 aromatic rings. The Morgan fingerprint density at radius 1 is 0.939 bits per heavy atom. The average Bonchev–Trinajstić information content (AvgIpc) is 3.46. The number of hydrogen-bond acceptors (Lipinski definition) is 4. The van der Waals surface area contributed by atoms with Gasteiger partial charge < -0.3 is 14.2 Å². The molecule has 2 aliphatic heterocycles. The summed E-state index contributed by atoms with van der Waals surface area (Å²) >= 11 is 7.40. The average molecular weight is 481 g/mol. The third kappa shape index (κ3) is 4.42. The van der Waals surface area contributed by atoms with Crippen LogP contribution in [0.3, 0.4) is 0 Å². The highest BCUT2D eigenvalue weighted by Crippen LogP contribution is 2.45. The molecule has 170 valence electrons. The van der Waals surface area contributed by atoms with E-state index < -0.39 is 0 Å². The summed E-state index contributed by atoms with van der Waals surface area (Å²) in [5, 5.41) is 0. The molecule has 0 saturated carbocycles. The molecule has 1 spiro atoms. The summed E-state index contributed by atoms with van der Waals surface area (Å²) in [6.45, 7) is 1.69. The molecule has 2 saturated heterocycles. The minimum absolute atomic E-state index is 0.00425. The van der Waals surface area contributed by atoms with E-state index in [1.807, 2.05) is 35.2 Å². The zero-order valence-electron chi connectivity index (χ0n) is 18.2. The number of benzene rings is 2. The molecule has 0 aliphatic carbocycles. The summed E-state index contributed by atoms with van der Waals surface area (Å²) in [6, 6.07) is 22.5. The molecule has 0 bridgehead atoms. The van der Waals surface area contributed by atoms with Crippen LogP contribution in [0, 0.1) is 0 Å². The molecule has 0 atom stereocenters. The zero-order chi connectivity index (χ0) is 22.8. The quantitative estimate of drug-likeness (QED) is 0.468. The lowest BCUT2D eigenvalue weighted by molar-refractivity contribution is -0.134. The summed E-state index contributed by atoms with van der Waals surface area (Å²) in [5.41, 5.74) is 3.34. The van der Waals surface area contributed by atoms with Gasteiger partial charge in [-0.3, -0.25) is 9.59 Å². The van der Waals surface area contributed by atoms with Crippen LogP contribution in [0.15, 0.2) is 71.1 Å². The van der Waals surface area contributed by atoms with Gasteiger partial charge in [0.2, 0.25) is 11.8 Å². The Hall–Kier alpha value is -2.70. The first-order valence-corrected chi connectivity index (χ1v) is 12.6. The van der Waals surface area contributed by atoms with E-state index in [4.69, 9.17) is 16.0 Å². The van der Waals surface area contributed by atoms with Gasteiger partial charge in [-0.25, -0.2) is 0 Å². The molecule has 2 aliphatic rings. The fourth-order valence-corrected chi connectivity index (χ4v) is 6.16. The van der Waals surface area contributed by atoms with E-state index in [9.17, 15) is 9.59 Å². The third-order valence-electron chi connectivity index (χ3n) is 6.52. The Morgan fingerprint density at radius 2 is 1.61 bits per heavy atom. The number of hydrogen-bond donors (Lipinski definition) is 0. The molecule has 5 nitrogen and oxygen atoms in total. The predicted octanol–water partition coefficient (Wildman–Crippen LogP) is 5.25. The SMILES string of the molecule is O=C(CCl)N1CCC2(CC1)SCC(=O)N2Cc1ccc(-c2ccc(-c3ccccc3)cc2)o1. The van der Waals surface area contributed by atoms with Crippen molar-refractivity contribution in [3.05, 3.63) is 72.5 Å². The van der Waals surface area contributed by atoms with E-state index in [0.717, 1.165) is 35.5 Å². The second-order valence-electron chi connectivity index (χ2n) is 8.44. The molecule has 0 unspecified atom stereocenters. The Balaban J connectivity index is 1.29. The Kier molecular flexibility index (Phi) is 6.21. The van der Waals surface area contributed by atoms with Crippen LogP contribution in [0.5, 0.6) is 0 Å². The Labute approximate surface area is 202 Å². The number of carbonyl (C=O) groups is 2. The highest BCUT2D eigenvalue weighted by Gasteiger charge is 2.48. The fourth-order valence-electron chi connectivity index (χ4n) is 4.65. The van der Waals surface area contributed by atoms with Crippen molar-refractivity contribution < 1.29 is 14.0 Å². The number of rotatable bonds is 5. The number of alkyl halides is 1. The molecule has 0 radical (unpaired) electrons. The lowest BCUT2D eigenvalue weighted by Crippen LogP contribution is -2.52. The topological polar surface area (TPSA) is 53.8 Å². The molecule has 1 aromatic heterocycles. The monoisotopic (exact) mass is 480 g/mol. The number of piperidine rings is 1. The fraction of sp³-hybridized carbons (Fsp3) is 0.308. The molecule has 2 amide bonds. The van der Waals surface area contributed by atoms with Crippen molar-refractivity contribution in [3.63, 3.8) is 0 Å². The van der Waals surface area contributed by atoms with Crippen LogP contribution < -0.4 is 0 Å². The highest BCUT2D eigenvalue weighted by molar-refractivity contribution is 8.01. The number of likely N-dealkylation sites (tertiary alicyclic amines) is 1. The number of nitrogens with zero attached hydrogens (tertiary/aromatic N) is 2. The maximum absolute atomic E-state index is 12.7. The van der Waals surface area contributed by atoms with E-state index in [2.05, 4.69) is 36.4 Å². The van der Waals surface area contributed by atoms with Gasteiger partial charge >= 0.3 is 0 Å². The third-order valence-corrected chi connectivity index (χ3v) is 8.31. The maximum Gasteiger partial charge on any atom is 0.237 e. The van der Waals surface area contributed by atoms with Gasteiger partial charge in [-0.1, -0.05) is 54.6 Å². The van der Waals surface area contributed by atoms with Crippen molar-refractivity contribution in [3.8, 4) is 22.5 Å². The minimum atomic E-state index is -0.273. The normalized spacial score (nSPS) is 17.7. The zero-order valence-corrected chi connectivity index (χ0v) is 19.8. The van der Waals surface area contributed by atoms with Crippen molar-refractivity contribution in [2.24, 2.45) is 0 Å². The van der Waals surface area contributed by atoms with Crippen molar-refractivity contribution >= 4 is 35.2 Å². The van der Waals surface area contributed by atoms with Crippen LogP contribution in [-0.2, 0) is 16.1 Å². The lowest BCUT2D eigenvalue weighted by atomic mass is 10.0. The molecule has 3 heterocycles. The minimum Gasteiger partial charge on any atom is -0.459 e. The van der Waals surface area contributed by atoms with Gasteiger partial charge in [0, 0.05) is 18.7 Å². The first kappa shape index (κ1) is 22.1. The van der Waals surface area contributed by atoms with Crippen LogP contribution in [0.4, 0.5) is 0 Å². The summed E-state index contributed by atoms with van der Waals surface area (Å²) < 4.78 is 6.15. The van der Waals surface area contributed by atoms with Crippen LogP contribution in [0.1, 0.15) is 18.6 Å². The van der Waals surface area contributed by atoms with Gasteiger partial charge in [-0.15, -0.1) is 23.4 Å². The van der Waals surface area contributed by atoms with E-state index in [-0.39, 0.29) is 22.6 Å². The van der Waals surface area contributed by atoms with Crippen LogP contribution >= 0.6 is 23.4 Å².